The predicted molar refractivity (Wildman–Crippen MR) is 114 cm³/mol. The van der Waals surface area contributed by atoms with E-state index < -0.39 is 0 Å². The van der Waals surface area contributed by atoms with E-state index in [-0.39, 0.29) is 5.91 Å². The van der Waals surface area contributed by atoms with Crippen molar-refractivity contribution in [1.82, 2.24) is 19.5 Å². The summed E-state index contributed by atoms with van der Waals surface area (Å²) < 4.78 is 1.88. The van der Waals surface area contributed by atoms with Crippen LogP contribution in [-0.2, 0) is 6.42 Å². The maximum absolute atomic E-state index is 13.0. The van der Waals surface area contributed by atoms with Crippen LogP contribution in [-0.4, -0.2) is 44.2 Å². The zero-order valence-electron chi connectivity index (χ0n) is 17.0. The van der Waals surface area contributed by atoms with Crippen LogP contribution in [0.15, 0.2) is 17.2 Å². The number of hydrogen-bond donors (Lipinski definition) is 0. The summed E-state index contributed by atoms with van der Waals surface area (Å²) >= 11 is 1.78. The fourth-order valence-corrected chi connectivity index (χ4v) is 5.35. The largest absolute Gasteiger partial charge is 0.337 e. The molecule has 1 aliphatic heterocycles. The molecule has 5 nitrogen and oxygen atoms in total. The molecule has 0 spiro atoms. The monoisotopic (exact) mass is 400 g/mol. The Labute approximate surface area is 172 Å². The second-order valence-corrected chi connectivity index (χ2v) is 9.52. The van der Waals surface area contributed by atoms with Crippen LogP contribution in [0.4, 0.5) is 0 Å². The highest BCUT2D eigenvalue weighted by Gasteiger charge is 2.22. The third-order valence-corrected chi connectivity index (χ3v) is 6.95. The molecule has 1 saturated carbocycles. The smallest absolute Gasteiger partial charge is 0.274 e. The molecule has 2 aliphatic rings. The van der Waals surface area contributed by atoms with Crippen molar-refractivity contribution in [3.63, 3.8) is 0 Å². The minimum atomic E-state index is 0.0636. The zero-order chi connectivity index (χ0) is 19.3. The van der Waals surface area contributed by atoms with Crippen LogP contribution in [0, 0.1) is 5.92 Å². The molecule has 152 valence electrons. The van der Waals surface area contributed by atoms with E-state index in [1.165, 1.54) is 44.9 Å². The molecule has 0 radical (unpaired) electrons. The summed E-state index contributed by atoms with van der Waals surface area (Å²) in [5.74, 6) is 1.80. The first kappa shape index (κ1) is 19.7. The van der Waals surface area contributed by atoms with Gasteiger partial charge in [-0.1, -0.05) is 51.9 Å². The van der Waals surface area contributed by atoms with Gasteiger partial charge in [-0.05, 0) is 37.0 Å². The number of amides is 1. The first-order chi connectivity index (χ1) is 13.7. The molecule has 0 bridgehead atoms. The summed E-state index contributed by atoms with van der Waals surface area (Å²) in [7, 11) is 0. The molecular weight excluding hydrogens is 368 g/mol. The van der Waals surface area contributed by atoms with Crippen LogP contribution in [0.25, 0.3) is 5.65 Å². The minimum Gasteiger partial charge on any atom is -0.337 e. The first-order valence-corrected chi connectivity index (χ1v) is 12.0. The Morgan fingerprint density at radius 1 is 1.07 bits per heavy atom. The van der Waals surface area contributed by atoms with Crippen LogP contribution in [0.1, 0.15) is 80.9 Å². The number of nitrogens with zero attached hydrogens (tertiary/aromatic N) is 4. The lowest BCUT2D eigenvalue weighted by Crippen LogP contribution is -2.32. The van der Waals surface area contributed by atoms with E-state index in [2.05, 4.69) is 18.1 Å². The van der Waals surface area contributed by atoms with Crippen LogP contribution in [0.3, 0.4) is 0 Å². The lowest BCUT2D eigenvalue weighted by atomic mass is 9.86. The third-order valence-electron chi connectivity index (χ3n) is 6.07. The quantitative estimate of drug-likeness (QED) is 0.525. The number of carbonyl (C=O) groups is 1. The normalized spacial score (nSPS) is 19.1. The Bertz CT molecular complexity index is 804. The van der Waals surface area contributed by atoms with Crippen LogP contribution in [0.5, 0.6) is 0 Å². The van der Waals surface area contributed by atoms with Crippen LogP contribution < -0.4 is 0 Å². The maximum Gasteiger partial charge on any atom is 0.274 e. The fourth-order valence-electron chi connectivity index (χ4n) is 4.58. The van der Waals surface area contributed by atoms with Crippen LogP contribution in [0.2, 0.25) is 0 Å². The lowest BCUT2D eigenvalue weighted by molar-refractivity contribution is 0.0755. The van der Waals surface area contributed by atoms with Gasteiger partial charge in [-0.25, -0.2) is 9.50 Å². The highest BCUT2D eigenvalue weighted by molar-refractivity contribution is 7.99. The highest BCUT2D eigenvalue weighted by Crippen LogP contribution is 2.28. The number of rotatable bonds is 5. The van der Waals surface area contributed by atoms with Crippen molar-refractivity contribution in [2.75, 3.05) is 18.8 Å². The summed E-state index contributed by atoms with van der Waals surface area (Å²) in [6.45, 7) is 3.86. The van der Waals surface area contributed by atoms with Gasteiger partial charge in [-0.15, -0.1) is 11.8 Å². The number of fused-ring (bicyclic) bond motifs is 1. The van der Waals surface area contributed by atoms with E-state index in [9.17, 15) is 4.79 Å². The molecular formula is C22H32N4OS. The molecule has 0 atom stereocenters. The summed E-state index contributed by atoms with van der Waals surface area (Å²) in [5, 5.41) is 5.77. The Morgan fingerprint density at radius 2 is 1.79 bits per heavy atom. The van der Waals surface area contributed by atoms with Gasteiger partial charge in [-0.2, -0.15) is 5.10 Å². The molecule has 28 heavy (non-hydrogen) atoms. The van der Waals surface area contributed by atoms with Crippen molar-refractivity contribution in [2.45, 2.75) is 76.2 Å². The van der Waals surface area contributed by atoms with Gasteiger partial charge in [0.2, 0.25) is 0 Å². The van der Waals surface area contributed by atoms with Crippen molar-refractivity contribution >= 4 is 23.3 Å². The van der Waals surface area contributed by atoms with Gasteiger partial charge in [0.25, 0.3) is 5.91 Å². The maximum atomic E-state index is 13.0. The molecule has 2 aromatic heterocycles. The molecule has 4 rings (SSSR count). The summed E-state index contributed by atoms with van der Waals surface area (Å²) in [4.78, 5) is 19.9. The van der Waals surface area contributed by atoms with Crippen molar-refractivity contribution in [3.05, 3.63) is 23.5 Å². The average Bonchev–Trinajstić information content (AvgIpc) is 2.95. The van der Waals surface area contributed by atoms with E-state index in [4.69, 9.17) is 4.98 Å². The molecule has 0 aromatic carbocycles. The minimum absolute atomic E-state index is 0.0636. The standard InChI is InChI=1S/C22H32N4OS/c1-2-28-21-15-18(14-17-10-6-5-7-11-17)23-20-16-19(24-26(20)21)22(27)25-12-8-3-4-9-13-25/h15-17H,2-14H2,1H3. The van der Waals surface area contributed by atoms with E-state index in [0.717, 1.165) is 60.4 Å². The number of hydrogen-bond acceptors (Lipinski definition) is 4. The molecule has 3 heterocycles. The second kappa shape index (κ2) is 9.29. The van der Waals surface area contributed by atoms with Gasteiger partial charge in [-0.3, -0.25) is 4.79 Å². The number of aromatic nitrogens is 3. The number of carbonyl (C=O) groups excluding carboxylic acids is 1. The van der Waals surface area contributed by atoms with Crippen molar-refractivity contribution in [1.29, 1.82) is 0 Å². The second-order valence-electron chi connectivity index (χ2n) is 8.23. The first-order valence-electron chi connectivity index (χ1n) is 11.1. The molecule has 2 fully saturated rings. The van der Waals surface area contributed by atoms with Crippen LogP contribution >= 0.6 is 11.8 Å². The topological polar surface area (TPSA) is 50.5 Å². The van der Waals surface area contributed by atoms with E-state index in [0.29, 0.717) is 5.69 Å². The number of thioether (sulfide) groups is 1. The van der Waals surface area contributed by atoms with Crippen molar-refractivity contribution < 1.29 is 4.79 Å². The van der Waals surface area contributed by atoms with Gasteiger partial charge >= 0.3 is 0 Å². The van der Waals surface area contributed by atoms with Gasteiger partial charge in [0.1, 0.15) is 5.03 Å². The molecule has 1 amide bonds. The summed E-state index contributed by atoms with van der Waals surface area (Å²) in [6, 6.07) is 4.10. The van der Waals surface area contributed by atoms with E-state index in [1.54, 1.807) is 11.8 Å². The zero-order valence-corrected chi connectivity index (χ0v) is 17.8. The lowest BCUT2D eigenvalue weighted by Gasteiger charge is -2.21. The van der Waals surface area contributed by atoms with Crippen molar-refractivity contribution in [3.8, 4) is 0 Å². The highest BCUT2D eigenvalue weighted by atomic mass is 32.2. The average molecular weight is 401 g/mol. The molecule has 0 unspecified atom stereocenters. The Balaban J connectivity index is 1.60. The van der Waals surface area contributed by atoms with Gasteiger partial charge in [0.05, 0.1) is 0 Å². The van der Waals surface area contributed by atoms with E-state index >= 15 is 0 Å². The molecule has 6 heteroatoms. The van der Waals surface area contributed by atoms with E-state index in [1.807, 2.05) is 15.5 Å². The summed E-state index contributed by atoms with van der Waals surface area (Å²) in [6.07, 6.45) is 12.4. The molecule has 1 aliphatic carbocycles. The SMILES string of the molecule is CCSc1cc(CC2CCCCC2)nc2cc(C(=O)N3CCCCCC3)nn12. The summed E-state index contributed by atoms with van der Waals surface area (Å²) in [5.41, 5.74) is 2.52. The molecule has 2 aromatic rings. The Hall–Kier alpha value is -1.56. The third kappa shape index (κ3) is 4.53. The van der Waals surface area contributed by atoms with Gasteiger partial charge in [0.15, 0.2) is 11.3 Å². The molecule has 1 saturated heterocycles. The Morgan fingerprint density at radius 3 is 2.50 bits per heavy atom. The molecule has 0 N–H and O–H groups in total. The fraction of sp³-hybridized carbons (Fsp3) is 0.682. The predicted octanol–water partition coefficient (Wildman–Crippen LogP) is 4.98. The van der Waals surface area contributed by atoms with Gasteiger partial charge in [0, 0.05) is 24.8 Å². The Kier molecular flexibility index (Phi) is 6.55. The van der Waals surface area contributed by atoms with Crippen molar-refractivity contribution in [2.24, 2.45) is 5.92 Å². The number of likely N-dealkylation sites (tertiary alicyclic amines) is 1. The van der Waals surface area contributed by atoms with Gasteiger partial charge < -0.3 is 4.90 Å².